The van der Waals surface area contributed by atoms with Crippen LogP contribution in [0.3, 0.4) is 0 Å². The molecule has 1 rings (SSSR count). The highest BCUT2D eigenvalue weighted by Crippen LogP contribution is 2.23. The molecule has 0 aromatic heterocycles. The molecule has 0 saturated heterocycles. The number of ether oxygens (including phenoxy) is 1. The Morgan fingerprint density at radius 3 is 2.17 bits per heavy atom. The van der Waals surface area contributed by atoms with Gasteiger partial charge in [0.05, 0.1) is 13.0 Å². The first-order chi connectivity index (χ1) is 8.36. The van der Waals surface area contributed by atoms with Gasteiger partial charge >= 0.3 is 5.97 Å². The maximum absolute atomic E-state index is 11.8. The quantitative estimate of drug-likeness (QED) is 0.761. The predicted molar refractivity (Wildman–Crippen MR) is 74.7 cm³/mol. The molecule has 0 aliphatic rings. The molecule has 0 fully saturated rings. The number of carbonyl (C=O) groups is 1. The van der Waals surface area contributed by atoms with Crippen LogP contribution in [0.15, 0.2) is 12.1 Å². The maximum atomic E-state index is 11.8. The van der Waals surface area contributed by atoms with Crippen molar-refractivity contribution in [3.05, 3.63) is 34.4 Å². The molecule has 1 aromatic carbocycles. The topological polar surface area (TPSA) is 26.3 Å². The molecule has 0 aliphatic heterocycles. The van der Waals surface area contributed by atoms with Gasteiger partial charge in [-0.15, -0.1) is 0 Å². The van der Waals surface area contributed by atoms with Crippen LogP contribution in [0.5, 0.6) is 0 Å². The lowest BCUT2D eigenvalue weighted by Crippen LogP contribution is -2.24. The SMILES string of the molecule is COC(=O)C(Cc1cc(C)c(C)cc1C)C(C)C. The maximum Gasteiger partial charge on any atom is 0.309 e. The molecule has 1 unspecified atom stereocenters. The molecule has 2 heteroatoms. The monoisotopic (exact) mass is 248 g/mol. The molecule has 0 spiro atoms. The summed E-state index contributed by atoms with van der Waals surface area (Å²) in [5.74, 6) is 0.122. The molecule has 1 atom stereocenters. The van der Waals surface area contributed by atoms with Gasteiger partial charge in [0, 0.05) is 0 Å². The van der Waals surface area contributed by atoms with Gasteiger partial charge < -0.3 is 4.74 Å². The highest BCUT2D eigenvalue weighted by molar-refractivity contribution is 5.73. The molecule has 2 nitrogen and oxygen atoms in total. The van der Waals surface area contributed by atoms with Crippen molar-refractivity contribution in [1.29, 1.82) is 0 Å². The Kier molecular flexibility index (Phi) is 4.94. The first kappa shape index (κ1) is 14.7. The normalized spacial score (nSPS) is 12.6. The lowest BCUT2D eigenvalue weighted by atomic mass is 9.86. The van der Waals surface area contributed by atoms with E-state index in [0.717, 1.165) is 6.42 Å². The van der Waals surface area contributed by atoms with Gasteiger partial charge in [-0.05, 0) is 55.4 Å². The Hall–Kier alpha value is -1.31. The minimum absolute atomic E-state index is 0.0594. The second-order valence-electron chi connectivity index (χ2n) is 5.44. The van der Waals surface area contributed by atoms with Gasteiger partial charge in [-0.25, -0.2) is 0 Å². The van der Waals surface area contributed by atoms with E-state index in [1.165, 1.54) is 29.4 Å². The highest BCUT2D eigenvalue weighted by Gasteiger charge is 2.24. The third-order valence-corrected chi connectivity index (χ3v) is 3.70. The van der Waals surface area contributed by atoms with Crippen molar-refractivity contribution in [1.82, 2.24) is 0 Å². The van der Waals surface area contributed by atoms with Crippen molar-refractivity contribution in [2.45, 2.75) is 41.0 Å². The van der Waals surface area contributed by atoms with E-state index in [9.17, 15) is 4.79 Å². The van der Waals surface area contributed by atoms with Crippen LogP contribution < -0.4 is 0 Å². The van der Waals surface area contributed by atoms with Crippen molar-refractivity contribution >= 4 is 5.97 Å². The van der Waals surface area contributed by atoms with Crippen LogP contribution in [-0.2, 0) is 16.0 Å². The summed E-state index contributed by atoms with van der Waals surface area (Å²) in [7, 11) is 1.46. The number of hydrogen-bond acceptors (Lipinski definition) is 2. The third kappa shape index (κ3) is 3.34. The zero-order valence-corrected chi connectivity index (χ0v) is 12.3. The summed E-state index contributed by atoms with van der Waals surface area (Å²) in [6.45, 7) is 10.5. The van der Waals surface area contributed by atoms with Gasteiger partial charge in [0.15, 0.2) is 0 Å². The fraction of sp³-hybridized carbons (Fsp3) is 0.562. The predicted octanol–water partition coefficient (Wildman–Crippen LogP) is 3.60. The van der Waals surface area contributed by atoms with E-state index in [-0.39, 0.29) is 11.9 Å². The summed E-state index contributed by atoms with van der Waals surface area (Å²) < 4.78 is 4.90. The van der Waals surface area contributed by atoms with Crippen molar-refractivity contribution < 1.29 is 9.53 Å². The Morgan fingerprint density at radius 1 is 1.11 bits per heavy atom. The van der Waals surface area contributed by atoms with Crippen LogP contribution in [0.4, 0.5) is 0 Å². The van der Waals surface area contributed by atoms with E-state index in [1.54, 1.807) is 0 Å². The van der Waals surface area contributed by atoms with Gasteiger partial charge in [-0.3, -0.25) is 4.79 Å². The van der Waals surface area contributed by atoms with Crippen LogP contribution >= 0.6 is 0 Å². The summed E-state index contributed by atoms with van der Waals surface area (Å²) >= 11 is 0. The number of esters is 1. The number of rotatable bonds is 4. The Balaban J connectivity index is 3.01. The van der Waals surface area contributed by atoms with Crippen LogP contribution in [-0.4, -0.2) is 13.1 Å². The van der Waals surface area contributed by atoms with E-state index < -0.39 is 0 Å². The Morgan fingerprint density at radius 2 is 1.67 bits per heavy atom. The highest BCUT2D eigenvalue weighted by atomic mass is 16.5. The number of carbonyl (C=O) groups excluding carboxylic acids is 1. The van der Waals surface area contributed by atoms with Crippen molar-refractivity contribution in [2.75, 3.05) is 7.11 Å². The van der Waals surface area contributed by atoms with E-state index in [0.29, 0.717) is 5.92 Å². The second kappa shape index (κ2) is 6.03. The van der Waals surface area contributed by atoms with Crippen molar-refractivity contribution in [3.63, 3.8) is 0 Å². The first-order valence-electron chi connectivity index (χ1n) is 6.51. The van der Waals surface area contributed by atoms with E-state index in [2.05, 4.69) is 46.8 Å². The van der Waals surface area contributed by atoms with Gasteiger partial charge in [-0.1, -0.05) is 26.0 Å². The van der Waals surface area contributed by atoms with Crippen molar-refractivity contribution in [3.8, 4) is 0 Å². The summed E-state index contributed by atoms with van der Waals surface area (Å²) in [5.41, 5.74) is 5.09. The van der Waals surface area contributed by atoms with Crippen molar-refractivity contribution in [2.24, 2.45) is 11.8 Å². The molecular formula is C16H24O2. The molecule has 1 aromatic rings. The number of methoxy groups -OCH3 is 1. The Labute approximate surface area is 110 Å². The van der Waals surface area contributed by atoms with Gasteiger partial charge in [0.1, 0.15) is 0 Å². The van der Waals surface area contributed by atoms with E-state index in [1.807, 2.05) is 0 Å². The average molecular weight is 248 g/mol. The first-order valence-corrected chi connectivity index (χ1v) is 6.51. The number of aryl methyl sites for hydroxylation is 3. The van der Waals surface area contributed by atoms with Gasteiger partial charge in [-0.2, -0.15) is 0 Å². The number of benzene rings is 1. The lowest BCUT2D eigenvalue weighted by molar-refractivity contribution is -0.146. The van der Waals surface area contributed by atoms with Crippen LogP contribution in [0.25, 0.3) is 0 Å². The average Bonchev–Trinajstić information content (AvgIpc) is 2.30. The zero-order valence-electron chi connectivity index (χ0n) is 12.3. The van der Waals surface area contributed by atoms with Crippen LogP contribution in [0, 0.1) is 32.6 Å². The van der Waals surface area contributed by atoms with Crippen LogP contribution in [0.1, 0.15) is 36.1 Å². The minimum atomic E-state index is -0.109. The molecule has 0 saturated carbocycles. The summed E-state index contributed by atoms with van der Waals surface area (Å²) in [5, 5.41) is 0. The van der Waals surface area contributed by atoms with Gasteiger partial charge in [0.25, 0.3) is 0 Å². The molecule has 0 radical (unpaired) electrons. The molecule has 0 aliphatic carbocycles. The molecular weight excluding hydrogens is 224 g/mol. The zero-order chi connectivity index (χ0) is 13.9. The molecule has 100 valence electrons. The summed E-state index contributed by atoms with van der Waals surface area (Å²) in [6, 6.07) is 4.39. The minimum Gasteiger partial charge on any atom is -0.469 e. The summed E-state index contributed by atoms with van der Waals surface area (Å²) in [4.78, 5) is 11.8. The van der Waals surface area contributed by atoms with E-state index in [4.69, 9.17) is 4.74 Å². The van der Waals surface area contributed by atoms with Crippen LogP contribution in [0.2, 0.25) is 0 Å². The number of hydrogen-bond donors (Lipinski definition) is 0. The second-order valence-corrected chi connectivity index (χ2v) is 5.44. The smallest absolute Gasteiger partial charge is 0.309 e. The molecule has 18 heavy (non-hydrogen) atoms. The third-order valence-electron chi connectivity index (χ3n) is 3.70. The molecule has 0 N–H and O–H groups in total. The standard InChI is InChI=1S/C16H24O2/c1-10(2)15(16(17)18-6)9-14-8-12(4)11(3)7-13(14)5/h7-8,10,15H,9H2,1-6H3. The summed E-state index contributed by atoms with van der Waals surface area (Å²) in [6.07, 6.45) is 0.761. The molecule has 0 heterocycles. The fourth-order valence-electron chi connectivity index (χ4n) is 2.22. The molecule has 0 bridgehead atoms. The lowest BCUT2D eigenvalue weighted by Gasteiger charge is -2.20. The molecule has 0 amide bonds. The fourth-order valence-corrected chi connectivity index (χ4v) is 2.22. The van der Waals surface area contributed by atoms with E-state index >= 15 is 0 Å². The largest absolute Gasteiger partial charge is 0.469 e. The van der Waals surface area contributed by atoms with Gasteiger partial charge in [0.2, 0.25) is 0 Å². The Bertz CT molecular complexity index is 433.